The van der Waals surface area contributed by atoms with Crippen molar-refractivity contribution >= 4 is 28.9 Å². The van der Waals surface area contributed by atoms with Crippen molar-refractivity contribution in [2.24, 2.45) is 5.10 Å². The number of benzene rings is 2. The highest BCUT2D eigenvalue weighted by Crippen LogP contribution is 2.14. The van der Waals surface area contributed by atoms with Crippen LogP contribution >= 0.6 is 11.6 Å². The van der Waals surface area contributed by atoms with E-state index in [1.54, 1.807) is 19.2 Å². The van der Waals surface area contributed by atoms with Crippen LogP contribution in [0.3, 0.4) is 0 Å². The van der Waals surface area contributed by atoms with E-state index in [0.717, 1.165) is 22.7 Å². The quantitative estimate of drug-likeness (QED) is 0.594. The van der Waals surface area contributed by atoms with Crippen molar-refractivity contribution in [3.63, 3.8) is 0 Å². The summed E-state index contributed by atoms with van der Waals surface area (Å²) in [7, 11) is 1.61. The van der Waals surface area contributed by atoms with E-state index in [4.69, 9.17) is 16.3 Å². The highest BCUT2D eigenvalue weighted by molar-refractivity contribution is 6.30. The molecule has 0 fully saturated rings. The molecule has 0 spiro atoms. The molecule has 0 bridgehead atoms. The molecule has 6 heteroatoms. The fourth-order valence-electron chi connectivity index (χ4n) is 2.05. The maximum Gasteiger partial charge on any atom is 0.259 e. The molecule has 0 aliphatic heterocycles. The number of methoxy groups -OCH3 is 1. The molecule has 0 saturated heterocycles. The topological polar surface area (TPSA) is 62.7 Å². The van der Waals surface area contributed by atoms with Gasteiger partial charge in [0.05, 0.1) is 19.4 Å². The first-order valence-electron chi connectivity index (χ1n) is 7.61. The van der Waals surface area contributed by atoms with Crippen LogP contribution in [0.2, 0.25) is 5.02 Å². The molecule has 0 aliphatic rings. The van der Waals surface area contributed by atoms with Crippen molar-refractivity contribution in [1.29, 1.82) is 0 Å². The van der Waals surface area contributed by atoms with Gasteiger partial charge < -0.3 is 10.1 Å². The number of hydrazone groups is 1. The molecule has 2 aromatic carbocycles. The number of rotatable bonds is 7. The van der Waals surface area contributed by atoms with Gasteiger partial charge in [0.25, 0.3) is 5.91 Å². The van der Waals surface area contributed by atoms with Gasteiger partial charge in [-0.1, -0.05) is 30.7 Å². The summed E-state index contributed by atoms with van der Waals surface area (Å²) in [4.78, 5) is 11.9. The zero-order valence-corrected chi connectivity index (χ0v) is 14.4. The second kappa shape index (κ2) is 8.93. The smallest absolute Gasteiger partial charge is 0.259 e. The van der Waals surface area contributed by atoms with Crippen LogP contribution in [-0.2, 0) is 4.79 Å². The number of amides is 1. The van der Waals surface area contributed by atoms with Gasteiger partial charge in [-0.25, -0.2) is 5.43 Å². The molecule has 0 saturated carbocycles. The van der Waals surface area contributed by atoms with Gasteiger partial charge in [0.2, 0.25) is 0 Å². The first-order valence-corrected chi connectivity index (χ1v) is 7.99. The zero-order chi connectivity index (χ0) is 17.4. The Balaban J connectivity index is 1.89. The Bertz CT molecular complexity index is 697. The Morgan fingerprint density at radius 3 is 2.38 bits per heavy atom. The zero-order valence-electron chi connectivity index (χ0n) is 13.7. The maximum atomic E-state index is 11.9. The number of nitrogens with one attached hydrogen (secondary N) is 2. The van der Waals surface area contributed by atoms with Gasteiger partial charge in [-0.3, -0.25) is 4.79 Å². The van der Waals surface area contributed by atoms with Gasteiger partial charge in [0.15, 0.2) is 0 Å². The molecule has 24 heavy (non-hydrogen) atoms. The summed E-state index contributed by atoms with van der Waals surface area (Å²) < 4.78 is 5.09. The Morgan fingerprint density at radius 1 is 1.12 bits per heavy atom. The molecule has 2 aromatic rings. The fraction of sp³-hybridized carbons (Fsp3) is 0.222. The van der Waals surface area contributed by atoms with Gasteiger partial charge in [0.1, 0.15) is 5.75 Å². The minimum Gasteiger partial charge on any atom is -0.497 e. The van der Waals surface area contributed by atoms with Crippen LogP contribution in [0.15, 0.2) is 53.6 Å². The number of nitrogens with zero attached hydrogens (tertiary/aromatic N) is 1. The van der Waals surface area contributed by atoms with E-state index in [1.807, 2.05) is 43.3 Å². The molecular weight excluding hydrogens is 326 g/mol. The number of ether oxygens (including phenoxy) is 1. The average Bonchev–Trinajstić information content (AvgIpc) is 2.62. The van der Waals surface area contributed by atoms with Crippen LogP contribution in [0.1, 0.15) is 18.9 Å². The molecule has 0 aliphatic carbocycles. The number of carbonyl (C=O) groups is 1. The van der Waals surface area contributed by atoms with Crippen LogP contribution in [0, 0.1) is 0 Å². The van der Waals surface area contributed by atoms with Crippen LogP contribution in [0.4, 0.5) is 5.69 Å². The third-order valence-electron chi connectivity index (χ3n) is 3.37. The highest BCUT2D eigenvalue weighted by Gasteiger charge is 2.04. The molecule has 0 heterocycles. The van der Waals surface area contributed by atoms with E-state index in [9.17, 15) is 4.79 Å². The van der Waals surface area contributed by atoms with Crippen LogP contribution < -0.4 is 15.5 Å². The number of halogens is 1. The predicted octanol–water partition coefficient (Wildman–Crippen LogP) is 3.69. The molecule has 0 atom stereocenters. The van der Waals surface area contributed by atoms with E-state index in [0.29, 0.717) is 11.4 Å². The number of hydrogen-bond donors (Lipinski definition) is 2. The van der Waals surface area contributed by atoms with Crippen molar-refractivity contribution < 1.29 is 9.53 Å². The Morgan fingerprint density at radius 2 is 1.79 bits per heavy atom. The highest BCUT2D eigenvalue weighted by atomic mass is 35.5. The largest absolute Gasteiger partial charge is 0.497 e. The Kier molecular flexibility index (Phi) is 6.63. The standard InChI is InChI=1S/C18H20ClN3O2/c1-3-17(13-4-6-14(19)7-5-13)21-22-18(23)12-20-15-8-10-16(24-2)11-9-15/h4-11,20H,3,12H2,1-2H3,(H,22,23)/b21-17-. The Hall–Kier alpha value is -2.53. The number of hydrogen-bond acceptors (Lipinski definition) is 4. The van der Waals surface area contributed by atoms with E-state index >= 15 is 0 Å². The van der Waals surface area contributed by atoms with Crippen molar-refractivity contribution in [1.82, 2.24) is 5.43 Å². The number of anilines is 1. The summed E-state index contributed by atoms with van der Waals surface area (Å²) >= 11 is 5.88. The molecule has 0 unspecified atom stereocenters. The first kappa shape index (κ1) is 17.8. The van der Waals surface area contributed by atoms with E-state index < -0.39 is 0 Å². The van der Waals surface area contributed by atoms with Gasteiger partial charge in [-0.15, -0.1) is 0 Å². The summed E-state index contributed by atoms with van der Waals surface area (Å²) in [6.07, 6.45) is 0.702. The van der Waals surface area contributed by atoms with Crippen molar-refractivity contribution in [2.75, 3.05) is 19.0 Å². The lowest BCUT2D eigenvalue weighted by Crippen LogP contribution is -2.27. The van der Waals surface area contributed by atoms with Crippen LogP contribution in [0.25, 0.3) is 0 Å². The monoisotopic (exact) mass is 345 g/mol. The molecule has 126 valence electrons. The lowest BCUT2D eigenvalue weighted by molar-refractivity contribution is -0.119. The third-order valence-corrected chi connectivity index (χ3v) is 3.62. The van der Waals surface area contributed by atoms with Crippen LogP contribution in [-0.4, -0.2) is 25.3 Å². The van der Waals surface area contributed by atoms with E-state index in [1.165, 1.54) is 0 Å². The predicted molar refractivity (Wildman–Crippen MR) is 97.9 cm³/mol. The van der Waals surface area contributed by atoms with Crippen molar-refractivity contribution in [2.45, 2.75) is 13.3 Å². The second-order valence-corrected chi connectivity index (χ2v) is 5.47. The summed E-state index contributed by atoms with van der Waals surface area (Å²) in [6, 6.07) is 14.7. The minimum atomic E-state index is -0.217. The fourth-order valence-corrected chi connectivity index (χ4v) is 2.18. The molecule has 0 radical (unpaired) electrons. The Labute approximate surface area is 146 Å². The molecule has 5 nitrogen and oxygen atoms in total. The summed E-state index contributed by atoms with van der Waals surface area (Å²) in [5.74, 6) is 0.552. The van der Waals surface area contributed by atoms with Crippen LogP contribution in [0.5, 0.6) is 5.75 Å². The van der Waals surface area contributed by atoms with Gasteiger partial charge >= 0.3 is 0 Å². The van der Waals surface area contributed by atoms with E-state index in [2.05, 4.69) is 15.8 Å². The first-order chi connectivity index (χ1) is 11.6. The summed E-state index contributed by atoms with van der Waals surface area (Å²) in [5.41, 5.74) is 5.14. The molecule has 2 rings (SSSR count). The van der Waals surface area contributed by atoms with Gasteiger partial charge in [-0.05, 0) is 48.4 Å². The molecule has 0 aromatic heterocycles. The molecule has 2 N–H and O–H groups in total. The number of carbonyl (C=O) groups excluding carboxylic acids is 1. The molecular formula is C18H20ClN3O2. The summed E-state index contributed by atoms with van der Waals surface area (Å²) in [6.45, 7) is 2.11. The third kappa shape index (κ3) is 5.28. The second-order valence-electron chi connectivity index (χ2n) is 5.04. The maximum absolute atomic E-state index is 11.9. The van der Waals surface area contributed by atoms with Crippen molar-refractivity contribution in [3.05, 3.63) is 59.1 Å². The van der Waals surface area contributed by atoms with Gasteiger partial charge in [-0.2, -0.15) is 5.10 Å². The SMILES string of the molecule is CC/C(=N/NC(=O)CNc1ccc(OC)cc1)c1ccc(Cl)cc1. The average molecular weight is 346 g/mol. The van der Waals surface area contributed by atoms with Gasteiger partial charge in [0, 0.05) is 10.7 Å². The normalized spacial score (nSPS) is 11.0. The summed E-state index contributed by atoms with van der Waals surface area (Å²) in [5, 5.41) is 7.89. The van der Waals surface area contributed by atoms with Crippen molar-refractivity contribution in [3.8, 4) is 5.75 Å². The molecule has 1 amide bonds. The lowest BCUT2D eigenvalue weighted by Gasteiger charge is -2.08. The lowest BCUT2D eigenvalue weighted by atomic mass is 10.1. The minimum absolute atomic E-state index is 0.132. The van der Waals surface area contributed by atoms with E-state index in [-0.39, 0.29) is 12.5 Å².